The highest BCUT2D eigenvalue weighted by molar-refractivity contribution is 6.29. The van der Waals surface area contributed by atoms with Crippen LogP contribution in [0.4, 0.5) is 11.5 Å². The highest BCUT2D eigenvalue weighted by Crippen LogP contribution is 2.30. The fourth-order valence-electron chi connectivity index (χ4n) is 3.20. The molecule has 3 heterocycles. The second-order valence-corrected chi connectivity index (χ2v) is 7.18. The van der Waals surface area contributed by atoms with Crippen LogP contribution in [-0.2, 0) is 7.05 Å². The summed E-state index contributed by atoms with van der Waals surface area (Å²) < 4.78 is 7.78. The van der Waals surface area contributed by atoms with E-state index in [0.29, 0.717) is 27.8 Å². The van der Waals surface area contributed by atoms with Gasteiger partial charge in [0.15, 0.2) is 5.82 Å². The van der Waals surface area contributed by atoms with Crippen molar-refractivity contribution < 1.29 is 4.74 Å². The Morgan fingerprint density at radius 1 is 1.00 bits per heavy atom. The first-order valence-corrected chi connectivity index (χ1v) is 9.57. The van der Waals surface area contributed by atoms with E-state index in [0.717, 1.165) is 28.0 Å². The third-order valence-corrected chi connectivity index (χ3v) is 4.91. The Balaban J connectivity index is 1.41. The van der Waals surface area contributed by atoms with Gasteiger partial charge in [-0.25, -0.2) is 19.6 Å². The molecule has 30 heavy (non-hydrogen) atoms. The first-order valence-electron chi connectivity index (χ1n) is 9.19. The van der Waals surface area contributed by atoms with Gasteiger partial charge < -0.3 is 10.1 Å². The lowest BCUT2D eigenvalue weighted by molar-refractivity contribution is 0.479. The molecule has 148 valence electrons. The predicted octanol–water partition coefficient (Wildman–Crippen LogP) is 4.80. The lowest BCUT2D eigenvalue weighted by Gasteiger charge is -2.12. The number of hydrogen-bond acceptors (Lipinski definition) is 7. The molecule has 5 rings (SSSR count). The monoisotopic (exact) mass is 417 g/mol. The van der Waals surface area contributed by atoms with Gasteiger partial charge in [0.1, 0.15) is 34.0 Å². The van der Waals surface area contributed by atoms with Gasteiger partial charge in [-0.2, -0.15) is 0 Å². The van der Waals surface area contributed by atoms with Crippen molar-refractivity contribution in [3.05, 3.63) is 65.6 Å². The fourth-order valence-corrected chi connectivity index (χ4v) is 3.34. The van der Waals surface area contributed by atoms with Gasteiger partial charge in [0.25, 0.3) is 0 Å². The van der Waals surface area contributed by atoms with E-state index in [9.17, 15) is 0 Å². The third-order valence-electron chi connectivity index (χ3n) is 4.70. The largest absolute Gasteiger partial charge is 0.457 e. The van der Waals surface area contributed by atoms with Crippen molar-refractivity contribution in [2.75, 3.05) is 5.32 Å². The van der Waals surface area contributed by atoms with Gasteiger partial charge in [-0.3, -0.25) is 0 Å². The van der Waals surface area contributed by atoms with Crippen molar-refractivity contribution in [3.63, 3.8) is 0 Å². The summed E-state index contributed by atoms with van der Waals surface area (Å²) >= 11 is 6.03. The molecule has 0 aliphatic heterocycles. The lowest BCUT2D eigenvalue weighted by Crippen LogP contribution is -1.98. The average molecular weight is 418 g/mol. The number of hydrogen-bond donors (Lipinski definition) is 1. The molecule has 0 saturated heterocycles. The second kappa shape index (κ2) is 7.23. The van der Waals surface area contributed by atoms with Crippen LogP contribution >= 0.6 is 11.6 Å². The topological polar surface area (TPSA) is 90.6 Å². The molecule has 2 aromatic carbocycles. The molecule has 9 heteroatoms. The van der Waals surface area contributed by atoms with Gasteiger partial charge in [0.2, 0.25) is 0 Å². The predicted molar refractivity (Wildman–Crippen MR) is 115 cm³/mol. The molecule has 0 atom stereocenters. The number of nitrogens with one attached hydrogen (secondary N) is 1. The van der Waals surface area contributed by atoms with Crippen molar-refractivity contribution in [3.8, 4) is 11.5 Å². The van der Waals surface area contributed by atoms with E-state index in [-0.39, 0.29) is 0 Å². The zero-order valence-electron chi connectivity index (χ0n) is 16.2. The van der Waals surface area contributed by atoms with E-state index in [2.05, 4.69) is 30.6 Å². The summed E-state index contributed by atoms with van der Waals surface area (Å²) in [6, 6.07) is 15.0. The molecule has 0 bridgehead atoms. The minimum absolute atomic E-state index is 0.389. The Hall–Kier alpha value is -3.78. The van der Waals surface area contributed by atoms with Crippen molar-refractivity contribution in [1.29, 1.82) is 0 Å². The first-order chi connectivity index (χ1) is 14.6. The van der Waals surface area contributed by atoms with E-state index in [1.807, 2.05) is 56.4 Å². The highest BCUT2D eigenvalue weighted by atomic mass is 35.5. The zero-order valence-corrected chi connectivity index (χ0v) is 16.9. The second-order valence-electron chi connectivity index (χ2n) is 6.79. The van der Waals surface area contributed by atoms with Gasteiger partial charge in [-0.1, -0.05) is 16.8 Å². The number of rotatable bonds is 4. The van der Waals surface area contributed by atoms with E-state index in [1.54, 1.807) is 10.7 Å². The molecule has 0 aliphatic rings. The maximum Gasteiger partial charge on any atom is 0.160 e. The summed E-state index contributed by atoms with van der Waals surface area (Å²) in [5.41, 5.74) is 4.87. The Morgan fingerprint density at radius 3 is 2.77 bits per heavy atom. The van der Waals surface area contributed by atoms with Gasteiger partial charge in [-0.05, 0) is 55.0 Å². The number of fused-ring (bicyclic) bond motifs is 2. The first kappa shape index (κ1) is 18.3. The highest BCUT2D eigenvalue weighted by Gasteiger charge is 2.09. The molecule has 1 N–H and O–H groups in total. The number of pyridine rings is 1. The zero-order chi connectivity index (χ0) is 20.7. The molecule has 0 amide bonds. The smallest absolute Gasteiger partial charge is 0.160 e. The van der Waals surface area contributed by atoms with E-state index in [4.69, 9.17) is 16.3 Å². The molecule has 0 saturated carbocycles. The fraction of sp³-hybridized carbons (Fsp3) is 0.0952. The molecule has 0 aliphatic carbocycles. The van der Waals surface area contributed by atoms with Crippen molar-refractivity contribution in [2.24, 2.45) is 7.05 Å². The molecule has 0 radical (unpaired) electrons. The summed E-state index contributed by atoms with van der Waals surface area (Å²) in [6.07, 6.45) is 1.49. The van der Waals surface area contributed by atoms with E-state index < -0.39 is 0 Å². The summed E-state index contributed by atoms with van der Waals surface area (Å²) in [5.74, 6) is 2.04. The van der Waals surface area contributed by atoms with Gasteiger partial charge in [-0.15, -0.1) is 5.10 Å². The number of ether oxygens (including phenoxy) is 1. The van der Waals surface area contributed by atoms with Crippen LogP contribution in [0.3, 0.4) is 0 Å². The van der Waals surface area contributed by atoms with Gasteiger partial charge >= 0.3 is 0 Å². The van der Waals surface area contributed by atoms with Crippen molar-refractivity contribution in [1.82, 2.24) is 29.9 Å². The normalized spacial score (nSPS) is 11.2. The molecular formula is C21H16ClN7O. The molecule has 0 fully saturated rings. The Kier molecular flexibility index (Phi) is 4.40. The van der Waals surface area contributed by atoms with Crippen LogP contribution in [0.15, 0.2) is 54.9 Å². The van der Waals surface area contributed by atoms with Crippen LogP contribution in [-0.4, -0.2) is 29.9 Å². The van der Waals surface area contributed by atoms with Crippen LogP contribution in [0.2, 0.25) is 5.15 Å². The van der Waals surface area contributed by atoms with Crippen molar-refractivity contribution >= 4 is 45.2 Å². The maximum atomic E-state index is 6.06. The van der Waals surface area contributed by atoms with Crippen LogP contribution in [0.1, 0.15) is 5.56 Å². The SMILES string of the molecule is Cc1cc(Nc2ncnc3ccc(Cl)nc23)ccc1Oc1ccc2c(c1)nnn2C. The molecule has 5 aromatic rings. The number of nitrogens with zero attached hydrogens (tertiary/aromatic N) is 6. The Labute approximate surface area is 176 Å². The molecule has 3 aromatic heterocycles. The van der Waals surface area contributed by atoms with Crippen LogP contribution in [0.25, 0.3) is 22.1 Å². The number of benzene rings is 2. The minimum Gasteiger partial charge on any atom is -0.457 e. The Morgan fingerprint density at radius 2 is 1.90 bits per heavy atom. The van der Waals surface area contributed by atoms with Crippen LogP contribution in [0.5, 0.6) is 11.5 Å². The third kappa shape index (κ3) is 3.37. The Bertz CT molecular complexity index is 1400. The molecule has 0 spiro atoms. The van der Waals surface area contributed by atoms with Crippen LogP contribution < -0.4 is 10.1 Å². The lowest BCUT2D eigenvalue weighted by atomic mass is 10.2. The minimum atomic E-state index is 0.389. The summed E-state index contributed by atoms with van der Waals surface area (Å²) in [7, 11) is 1.86. The number of aromatic nitrogens is 6. The number of halogens is 1. The summed E-state index contributed by atoms with van der Waals surface area (Å²) in [4.78, 5) is 12.9. The van der Waals surface area contributed by atoms with Crippen LogP contribution in [0, 0.1) is 6.92 Å². The number of aryl methyl sites for hydroxylation is 2. The van der Waals surface area contributed by atoms with E-state index >= 15 is 0 Å². The summed E-state index contributed by atoms with van der Waals surface area (Å²) in [5, 5.41) is 11.8. The summed E-state index contributed by atoms with van der Waals surface area (Å²) in [6.45, 7) is 1.98. The number of anilines is 2. The van der Waals surface area contributed by atoms with Crippen molar-refractivity contribution in [2.45, 2.75) is 6.92 Å². The van der Waals surface area contributed by atoms with Gasteiger partial charge in [0, 0.05) is 18.8 Å². The standard InChI is InChI=1S/C21H16ClN7O/c1-12-9-13(25-21-20-15(23-11-24-21)5-8-19(22)26-20)3-7-18(12)30-14-4-6-17-16(10-14)27-28-29(17)2/h3-11H,1-2H3,(H,23,24,25). The van der Waals surface area contributed by atoms with E-state index in [1.165, 1.54) is 6.33 Å². The quantitative estimate of drug-likeness (QED) is 0.420. The molecule has 0 unspecified atom stereocenters. The maximum absolute atomic E-state index is 6.06. The molecule has 8 nitrogen and oxygen atoms in total. The van der Waals surface area contributed by atoms with Gasteiger partial charge in [0.05, 0.1) is 11.0 Å². The molecular weight excluding hydrogens is 402 g/mol. The average Bonchev–Trinajstić information content (AvgIpc) is 3.11.